The zero-order valence-electron chi connectivity index (χ0n) is 9.58. The van der Waals surface area contributed by atoms with Crippen LogP contribution >= 0.6 is 23.2 Å². The van der Waals surface area contributed by atoms with Crippen LogP contribution in [-0.2, 0) is 0 Å². The molecule has 2 aromatic carbocycles. The molecule has 0 bridgehead atoms. The van der Waals surface area contributed by atoms with E-state index in [0.29, 0.717) is 5.02 Å². The van der Waals surface area contributed by atoms with Crippen molar-refractivity contribution in [3.8, 4) is 0 Å². The van der Waals surface area contributed by atoms with Gasteiger partial charge >= 0.3 is 0 Å². The maximum atomic E-state index is 13.5. The van der Waals surface area contributed by atoms with Crippen LogP contribution in [0.2, 0.25) is 10.0 Å². The van der Waals surface area contributed by atoms with Crippen LogP contribution in [0.1, 0.15) is 10.4 Å². The fourth-order valence-corrected chi connectivity index (χ4v) is 2.02. The lowest BCUT2D eigenvalue weighted by molar-refractivity contribution is 0.102. The van der Waals surface area contributed by atoms with Crippen LogP contribution in [0, 0.1) is 5.82 Å². The number of halogens is 3. The fraction of sp³-hybridized carbons (Fsp3) is 0. The first-order valence-electron chi connectivity index (χ1n) is 5.29. The zero-order valence-corrected chi connectivity index (χ0v) is 11.1. The first kappa shape index (κ1) is 13.6. The second-order valence-corrected chi connectivity index (χ2v) is 4.63. The molecule has 2 rings (SSSR count). The van der Waals surface area contributed by atoms with Gasteiger partial charge in [-0.25, -0.2) is 4.39 Å². The number of hydrogen-bond donors (Lipinski definition) is 2. The van der Waals surface area contributed by atoms with Crippen molar-refractivity contribution in [1.29, 1.82) is 0 Å². The Morgan fingerprint density at radius 2 is 1.95 bits per heavy atom. The number of hydrogen-bond acceptors (Lipinski definition) is 2. The van der Waals surface area contributed by atoms with E-state index < -0.39 is 11.7 Å². The Hall–Kier alpha value is -1.78. The van der Waals surface area contributed by atoms with Crippen molar-refractivity contribution in [2.45, 2.75) is 0 Å². The molecule has 3 nitrogen and oxygen atoms in total. The van der Waals surface area contributed by atoms with Gasteiger partial charge in [0, 0.05) is 5.02 Å². The minimum atomic E-state index is -0.613. The molecule has 0 aliphatic carbocycles. The van der Waals surface area contributed by atoms with E-state index in [2.05, 4.69) is 5.32 Å². The molecule has 2 aromatic rings. The number of anilines is 2. The van der Waals surface area contributed by atoms with Crippen LogP contribution in [0.5, 0.6) is 0 Å². The summed E-state index contributed by atoms with van der Waals surface area (Å²) in [5, 5.41) is 2.98. The fourth-order valence-electron chi connectivity index (χ4n) is 1.53. The minimum Gasteiger partial charge on any atom is -0.397 e. The van der Waals surface area contributed by atoms with E-state index in [0.717, 1.165) is 0 Å². The van der Waals surface area contributed by atoms with E-state index in [1.807, 2.05) is 0 Å². The van der Waals surface area contributed by atoms with Crippen molar-refractivity contribution in [1.82, 2.24) is 0 Å². The molecule has 0 saturated heterocycles. The Labute approximate surface area is 119 Å². The average Bonchev–Trinajstić information content (AvgIpc) is 2.33. The van der Waals surface area contributed by atoms with E-state index in [4.69, 9.17) is 28.9 Å². The SMILES string of the molecule is Nc1cccc(F)c1NC(=O)c1ccc(Cl)cc1Cl. The summed E-state index contributed by atoms with van der Waals surface area (Å²) in [7, 11) is 0. The van der Waals surface area contributed by atoms with Gasteiger partial charge in [-0.1, -0.05) is 29.3 Å². The maximum Gasteiger partial charge on any atom is 0.257 e. The Balaban J connectivity index is 2.31. The predicted molar refractivity (Wildman–Crippen MR) is 75.2 cm³/mol. The van der Waals surface area contributed by atoms with E-state index >= 15 is 0 Å². The highest BCUT2D eigenvalue weighted by molar-refractivity contribution is 6.37. The molecule has 6 heteroatoms. The molecule has 0 unspecified atom stereocenters. The van der Waals surface area contributed by atoms with Gasteiger partial charge in [0.1, 0.15) is 11.5 Å². The first-order chi connectivity index (χ1) is 8.99. The zero-order chi connectivity index (χ0) is 14.0. The Morgan fingerprint density at radius 1 is 1.21 bits per heavy atom. The Bertz CT molecular complexity index is 626. The number of nitrogens with one attached hydrogen (secondary N) is 1. The van der Waals surface area contributed by atoms with E-state index in [1.165, 1.54) is 36.4 Å². The maximum absolute atomic E-state index is 13.5. The highest BCUT2D eigenvalue weighted by atomic mass is 35.5. The van der Waals surface area contributed by atoms with Crippen molar-refractivity contribution in [3.05, 3.63) is 57.8 Å². The number of benzene rings is 2. The molecule has 19 heavy (non-hydrogen) atoms. The van der Waals surface area contributed by atoms with Gasteiger partial charge < -0.3 is 11.1 Å². The molecule has 0 aromatic heterocycles. The number of nitrogen functional groups attached to an aromatic ring is 1. The van der Waals surface area contributed by atoms with Gasteiger partial charge in [0.25, 0.3) is 5.91 Å². The number of amides is 1. The van der Waals surface area contributed by atoms with Crippen molar-refractivity contribution in [3.63, 3.8) is 0 Å². The van der Waals surface area contributed by atoms with Gasteiger partial charge in [-0.05, 0) is 30.3 Å². The third-order valence-corrected chi connectivity index (χ3v) is 3.01. The van der Waals surface area contributed by atoms with Crippen molar-refractivity contribution >= 4 is 40.5 Å². The molecular weight excluding hydrogens is 290 g/mol. The predicted octanol–water partition coefficient (Wildman–Crippen LogP) is 3.97. The van der Waals surface area contributed by atoms with Gasteiger partial charge in [-0.3, -0.25) is 4.79 Å². The average molecular weight is 299 g/mol. The molecule has 0 heterocycles. The van der Waals surface area contributed by atoms with Crippen LogP contribution in [0.15, 0.2) is 36.4 Å². The lowest BCUT2D eigenvalue weighted by Gasteiger charge is -2.10. The number of carbonyl (C=O) groups excluding carboxylic acids is 1. The first-order valence-corrected chi connectivity index (χ1v) is 6.05. The molecular formula is C13H9Cl2FN2O. The summed E-state index contributed by atoms with van der Waals surface area (Å²) in [5.74, 6) is -1.17. The summed E-state index contributed by atoms with van der Waals surface area (Å²) in [6.07, 6.45) is 0. The largest absolute Gasteiger partial charge is 0.397 e. The van der Waals surface area contributed by atoms with Crippen LogP contribution in [0.4, 0.5) is 15.8 Å². The van der Waals surface area contributed by atoms with E-state index in [9.17, 15) is 9.18 Å². The highest BCUT2D eigenvalue weighted by Gasteiger charge is 2.14. The monoisotopic (exact) mass is 298 g/mol. The van der Waals surface area contributed by atoms with Gasteiger partial charge in [0.05, 0.1) is 16.3 Å². The summed E-state index contributed by atoms with van der Waals surface area (Å²) < 4.78 is 13.5. The van der Waals surface area contributed by atoms with E-state index in [1.54, 1.807) is 0 Å². The standard InChI is InChI=1S/C13H9Cl2FN2O/c14-7-4-5-8(9(15)6-7)13(19)18-12-10(16)2-1-3-11(12)17/h1-6H,17H2,(H,18,19). The lowest BCUT2D eigenvalue weighted by atomic mass is 10.2. The summed E-state index contributed by atoms with van der Waals surface area (Å²) in [4.78, 5) is 12.0. The molecule has 0 spiro atoms. The van der Waals surface area contributed by atoms with Crippen molar-refractivity contribution in [2.75, 3.05) is 11.1 Å². The quantitative estimate of drug-likeness (QED) is 0.824. The molecule has 0 aliphatic heterocycles. The molecule has 3 N–H and O–H groups in total. The molecule has 0 atom stereocenters. The number of carbonyl (C=O) groups is 1. The lowest BCUT2D eigenvalue weighted by Crippen LogP contribution is -2.14. The van der Waals surface area contributed by atoms with Crippen LogP contribution in [0.25, 0.3) is 0 Å². The smallest absolute Gasteiger partial charge is 0.257 e. The van der Waals surface area contributed by atoms with Gasteiger partial charge in [-0.15, -0.1) is 0 Å². The molecule has 0 radical (unpaired) electrons. The highest BCUT2D eigenvalue weighted by Crippen LogP contribution is 2.25. The molecule has 0 saturated carbocycles. The summed E-state index contributed by atoms with van der Waals surface area (Å²) in [6.45, 7) is 0. The molecule has 1 amide bonds. The van der Waals surface area contributed by atoms with Gasteiger partial charge in [0.2, 0.25) is 0 Å². The third kappa shape index (κ3) is 2.97. The Kier molecular flexibility index (Phi) is 3.93. The van der Waals surface area contributed by atoms with Crippen molar-refractivity contribution < 1.29 is 9.18 Å². The van der Waals surface area contributed by atoms with Crippen LogP contribution in [-0.4, -0.2) is 5.91 Å². The summed E-state index contributed by atoms with van der Waals surface area (Å²) >= 11 is 11.6. The summed E-state index contributed by atoms with van der Waals surface area (Å²) in [5.41, 5.74) is 5.86. The minimum absolute atomic E-state index is 0.0708. The van der Waals surface area contributed by atoms with Crippen molar-refractivity contribution in [2.24, 2.45) is 0 Å². The molecule has 0 aliphatic rings. The number of nitrogens with two attached hydrogens (primary N) is 1. The third-order valence-electron chi connectivity index (χ3n) is 2.46. The van der Waals surface area contributed by atoms with Gasteiger partial charge in [-0.2, -0.15) is 0 Å². The second-order valence-electron chi connectivity index (χ2n) is 3.78. The number of para-hydroxylation sites is 1. The second kappa shape index (κ2) is 5.47. The van der Waals surface area contributed by atoms with Gasteiger partial charge in [0.15, 0.2) is 0 Å². The van der Waals surface area contributed by atoms with Crippen LogP contribution in [0.3, 0.4) is 0 Å². The summed E-state index contributed by atoms with van der Waals surface area (Å²) in [6, 6.07) is 8.56. The van der Waals surface area contributed by atoms with E-state index in [-0.39, 0.29) is 22.0 Å². The molecule has 98 valence electrons. The Morgan fingerprint density at radius 3 is 2.58 bits per heavy atom. The van der Waals surface area contributed by atoms with Crippen LogP contribution < -0.4 is 11.1 Å². The normalized spacial score (nSPS) is 10.3. The number of rotatable bonds is 2. The topological polar surface area (TPSA) is 55.1 Å². The molecule has 0 fully saturated rings.